The summed E-state index contributed by atoms with van der Waals surface area (Å²) in [6.45, 7) is 5.57. The van der Waals surface area contributed by atoms with Crippen molar-refractivity contribution in [3.05, 3.63) is 0 Å². The first kappa shape index (κ1) is 12.3. The Hall–Kier alpha value is 0.210. The molecule has 84 valence electrons. The normalized spacial score (nSPS) is 27.0. The van der Waals surface area contributed by atoms with E-state index in [4.69, 9.17) is 21.1 Å². The van der Waals surface area contributed by atoms with Gasteiger partial charge in [0.1, 0.15) is 0 Å². The fraction of sp³-hybridized carbons (Fsp3) is 1.00. The highest BCUT2D eigenvalue weighted by Crippen LogP contribution is 2.33. The van der Waals surface area contributed by atoms with E-state index in [1.165, 1.54) is 6.42 Å². The Morgan fingerprint density at radius 2 is 2.29 bits per heavy atom. The van der Waals surface area contributed by atoms with E-state index >= 15 is 0 Å². The SMILES string of the molecule is CCCCOCCC1(CCl)CCOC1. The molecule has 1 saturated heterocycles. The van der Waals surface area contributed by atoms with E-state index in [9.17, 15) is 0 Å². The van der Waals surface area contributed by atoms with E-state index in [-0.39, 0.29) is 5.41 Å². The quantitative estimate of drug-likeness (QED) is 0.485. The van der Waals surface area contributed by atoms with Gasteiger partial charge in [-0.05, 0) is 19.3 Å². The van der Waals surface area contributed by atoms with Gasteiger partial charge in [-0.1, -0.05) is 13.3 Å². The second-order valence-corrected chi connectivity index (χ2v) is 4.42. The van der Waals surface area contributed by atoms with Crippen LogP contribution >= 0.6 is 11.6 Å². The van der Waals surface area contributed by atoms with E-state index in [0.717, 1.165) is 45.7 Å². The first-order valence-corrected chi connectivity index (χ1v) is 6.08. The molecule has 0 amide bonds. The smallest absolute Gasteiger partial charge is 0.0535 e. The maximum atomic E-state index is 5.97. The summed E-state index contributed by atoms with van der Waals surface area (Å²) in [5, 5.41) is 0. The standard InChI is InChI=1S/C11H21ClO2/c1-2-3-6-13-7-4-11(9-12)5-8-14-10-11/h2-10H2,1H3. The fourth-order valence-corrected chi connectivity index (χ4v) is 2.00. The molecule has 1 unspecified atom stereocenters. The summed E-state index contributed by atoms with van der Waals surface area (Å²) in [6.07, 6.45) is 4.49. The number of rotatable bonds is 7. The number of alkyl halides is 1. The highest BCUT2D eigenvalue weighted by atomic mass is 35.5. The average molecular weight is 221 g/mol. The zero-order valence-corrected chi connectivity index (χ0v) is 9.81. The molecular weight excluding hydrogens is 200 g/mol. The van der Waals surface area contributed by atoms with Crippen molar-refractivity contribution in [3.63, 3.8) is 0 Å². The lowest BCUT2D eigenvalue weighted by atomic mass is 9.86. The predicted octanol–water partition coefficient (Wildman–Crippen LogP) is 2.84. The van der Waals surface area contributed by atoms with Crippen molar-refractivity contribution in [1.82, 2.24) is 0 Å². The third kappa shape index (κ3) is 3.76. The molecule has 1 aliphatic heterocycles. The maximum Gasteiger partial charge on any atom is 0.0535 e. The minimum atomic E-state index is 0.202. The van der Waals surface area contributed by atoms with E-state index < -0.39 is 0 Å². The van der Waals surface area contributed by atoms with E-state index in [2.05, 4.69) is 6.92 Å². The van der Waals surface area contributed by atoms with E-state index in [1.807, 2.05) is 0 Å². The first-order valence-electron chi connectivity index (χ1n) is 5.54. The van der Waals surface area contributed by atoms with Crippen molar-refractivity contribution < 1.29 is 9.47 Å². The van der Waals surface area contributed by atoms with Gasteiger partial charge in [0.05, 0.1) is 6.61 Å². The van der Waals surface area contributed by atoms with E-state index in [0.29, 0.717) is 5.88 Å². The number of unbranched alkanes of at least 4 members (excludes halogenated alkanes) is 1. The molecule has 1 rings (SSSR count). The Labute approximate surface area is 91.9 Å². The molecule has 0 spiro atoms. The van der Waals surface area contributed by atoms with Crippen molar-refractivity contribution in [1.29, 1.82) is 0 Å². The molecule has 2 nitrogen and oxygen atoms in total. The Morgan fingerprint density at radius 1 is 1.43 bits per heavy atom. The summed E-state index contributed by atoms with van der Waals surface area (Å²) in [5.74, 6) is 0.699. The summed E-state index contributed by atoms with van der Waals surface area (Å²) < 4.78 is 10.9. The van der Waals surface area contributed by atoms with Gasteiger partial charge in [0.2, 0.25) is 0 Å². The van der Waals surface area contributed by atoms with Gasteiger partial charge < -0.3 is 9.47 Å². The van der Waals surface area contributed by atoms with Crippen molar-refractivity contribution >= 4 is 11.6 Å². The number of hydrogen-bond donors (Lipinski definition) is 0. The van der Waals surface area contributed by atoms with Crippen molar-refractivity contribution in [2.24, 2.45) is 5.41 Å². The molecule has 1 fully saturated rings. The molecule has 1 aliphatic rings. The Kier molecular flexibility index (Phi) is 5.83. The minimum Gasteiger partial charge on any atom is -0.381 e. The van der Waals surface area contributed by atoms with Crippen LogP contribution in [0.1, 0.15) is 32.6 Å². The van der Waals surface area contributed by atoms with Gasteiger partial charge in [0, 0.05) is 31.1 Å². The van der Waals surface area contributed by atoms with Crippen molar-refractivity contribution in [2.45, 2.75) is 32.6 Å². The van der Waals surface area contributed by atoms with Crippen LogP contribution in [-0.2, 0) is 9.47 Å². The third-order valence-corrected chi connectivity index (χ3v) is 3.45. The summed E-state index contributed by atoms with van der Waals surface area (Å²) in [6, 6.07) is 0. The van der Waals surface area contributed by atoms with Crippen LogP contribution in [0, 0.1) is 5.41 Å². The molecule has 0 aromatic carbocycles. The van der Waals surface area contributed by atoms with Crippen molar-refractivity contribution in [3.8, 4) is 0 Å². The van der Waals surface area contributed by atoms with Crippen molar-refractivity contribution in [2.75, 3.05) is 32.3 Å². The molecule has 0 aromatic heterocycles. The van der Waals surface area contributed by atoms with Crippen LogP contribution in [0.3, 0.4) is 0 Å². The van der Waals surface area contributed by atoms with Crippen LogP contribution in [0.2, 0.25) is 0 Å². The monoisotopic (exact) mass is 220 g/mol. The predicted molar refractivity (Wildman–Crippen MR) is 58.9 cm³/mol. The van der Waals surface area contributed by atoms with Gasteiger partial charge in [-0.2, -0.15) is 0 Å². The van der Waals surface area contributed by atoms with Crippen LogP contribution in [0.5, 0.6) is 0 Å². The molecule has 0 aliphatic carbocycles. The average Bonchev–Trinajstić information content (AvgIpc) is 2.67. The van der Waals surface area contributed by atoms with Gasteiger partial charge in [0.15, 0.2) is 0 Å². The molecule has 3 heteroatoms. The highest BCUT2D eigenvalue weighted by molar-refractivity contribution is 6.18. The lowest BCUT2D eigenvalue weighted by molar-refractivity contribution is 0.0878. The molecule has 14 heavy (non-hydrogen) atoms. The Balaban J connectivity index is 2.08. The van der Waals surface area contributed by atoms with Crippen LogP contribution in [0.25, 0.3) is 0 Å². The topological polar surface area (TPSA) is 18.5 Å². The van der Waals surface area contributed by atoms with Gasteiger partial charge in [0.25, 0.3) is 0 Å². The molecule has 0 aromatic rings. The lowest BCUT2D eigenvalue weighted by Crippen LogP contribution is -2.25. The third-order valence-electron chi connectivity index (χ3n) is 2.89. The zero-order valence-electron chi connectivity index (χ0n) is 9.06. The largest absolute Gasteiger partial charge is 0.381 e. The molecule has 1 atom stereocenters. The van der Waals surface area contributed by atoms with Crippen LogP contribution < -0.4 is 0 Å². The lowest BCUT2D eigenvalue weighted by Gasteiger charge is -2.23. The van der Waals surface area contributed by atoms with Gasteiger partial charge >= 0.3 is 0 Å². The summed E-state index contributed by atoms with van der Waals surface area (Å²) in [5.41, 5.74) is 0.202. The summed E-state index contributed by atoms with van der Waals surface area (Å²) in [4.78, 5) is 0. The second kappa shape index (κ2) is 6.65. The Bertz CT molecular complexity index is 144. The molecular formula is C11H21ClO2. The zero-order chi connectivity index (χ0) is 10.3. The molecule has 0 N–H and O–H groups in total. The summed E-state index contributed by atoms with van der Waals surface area (Å²) in [7, 11) is 0. The van der Waals surface area contributed by atoms with Crippen LogP contribution in [0.15, 0.2) is 0 Å². The van der Waals surface area contributed by atoms with E-state index in [1.54, 1.807) is 0 Å². The highest BCUT2D eigenvalue weighted by Gasteiger charge is 2.33. The number of hydrogen-bond acceptors (Lipinski definition) is 2. The fourth-order valence-electron chi connectivity index (χ4n) is 1.66. The van der Waals surface area contributed by atoms with Gasteiger partial charge in [-0.3, -0.25) is 0 Å². The molecule has 0 radical (unpaired) electrons. The maximum absolute atomic E-state index is 5.97. The van der Waals surface area contributed by atoms with Crippen LogP contribution in [-0.4, -0.2) is 32.3 Å². The van der Waals surface area contributed by atoms with Gasteiger partial charge in [-0.15, -0.1) is 11.6 Å². The molecule has 0 saturated carbocycles. The summed E-state index contributed by atoms with van der Waals surface area (Å²) >= 11 is 5.97. The minimum absolute atomic E-state index is 0.202. The molecule has 1 heterocycles. The van der Waals surface area contributed by atoms with Gasteiger partial charge in [-0.25, -0.2) is 0 Å². The first-order chi connectivity index (χ1) is 6.83. The number of ether oxygens (including phenoxy) is 2. The Morgan fingerprint density at radius 3 is 2.86 bits per heavy atom. The van der Waals surface area contributed by atoms with Crippen LogP contribution in [0.4, 0.5) is 0 Å². The number of halogens is 1. The second-order valence-electron chi connectivity index (χ2n) is 4.15. The molecule has 0 bridgehead atoms.